The molecule has 0 saturated carbocycles. The molecule has 1 aliphatic heterocycles. The van der Waals surface area contributed by atoms with E-state index in [1.54, 1.807) is 23.5 Å². The fraction of sp³-hybridized carbons (Fsp3) is 0.444. The Hall–Kier alpha value is -1.76. The van der Waals surface area contributed by atoms with Crippen LogP contribution >= 0.6 is 11.3 Å². The monoisotopic (exact) mass is 346 g/mol. The molecule has 1 fully saturated rings. The number of esters is 1. The molecule has 0 spiro atoms. The first-order chi connectivity index (χ1) is 11.7. The third-order valence-corrected chi connectivity index (χ3v) is 5.37. The molecule has 1 unspecified atom stereocenters. The van der Waals surface area contributed by atoms with Crippen LogP contribution in [-0.2, 0) is 11.3 Å². The highest BCUT2D eigenvalue weighted by molar-refractivity contribution is 7.13. The largest absolute Gasteiger partial charge is 0.465 e. The summed E-state index contributed by atoms with van der Waals surface area (Å²) in [7, 11) is 1.38. The van der Waals surface area contributed by atoms with Crippen molar-refractivity contribution in [3.8, 4) is 10.6 Å². The Bertz CT molecular complexity index is 684. The van der Waals surface area contributed by atoms with Crippen LogP contribution < -0.4 is 0 Å². The molecule has 0 amide bonds. The highest BCUT2D eigenvalue weighted by atomic mass is 32.1. The number of aromatic nitrogens is 1. The van der Waals surface area contributed by atoms with E-state index in [9.17, 15) is 9.90 Å². The predicted molar refractivity (Wildman–Crippen MR) is 94.0 cm³/mol. The van der Waals surface area contributed by atoms with Crippen LogP contribution in [0.2, 0.25) is 0 Å². The van der Waals surface area contributed by atoms with Gasteiger partial charge in [0.25, 0.3) is 0 Å². The quantitative estimate of drug-likeness (QED) is 0.844. The first-order valence-electron chi connectivity index (χ1n) is 8.19. The third-order valence-electron chi connectivity index (χ3n) is 4.43. The Morgan fingerprint density at radius 2 is 2.17 bits per heavy atom. The number of ether oxygens (including phenoxy) is 1. The number of carbonyl (C=O) groups is 1. The average molecular weight is 346 g/mol. The van der Waals surface area contributed by atoms with Crippen molar-refractivity contribution >= 4 is 17.3 Å². The molecule has 1 aromatic heterocycles. The van der Waals surface area contributed by atoms with Gasteiger partial charge >= 0.3 is 5.97 Å². The van der Waals surface area contributed by atoms with Gasteiger partial charge in [0.05, 0.1) is 25.0 Å². The van der Waals surface area contributed by atoms with Gasteiger partial charge in [-0.3, -0.25) is 4.90 Å². The van der Waals surface area contributed by atoms with Crippen LogP contribution in [0.25, 0.3) is 10.6 Å². The van der Waals surface area contributed by atoms with Gasteiger partial charge in [-0.15, -0.1) is 11.3 Å². The Kier molecular flexibility index (Phi) is 5.60. The summed E-state index contributed by atoms with van der Waals surface area (Å²) in [6.07, 6.45) is 3.43. The number of hydrogen-bond donors (Lipinski definition) is 1. The standard InChI is InChI=1S/C18H22N2O3S/c1-23-18(22)14-7-5-13(6-8-14)17-19-15(12-24-17)10-20-9-3-2-4-16(20)11-21/h5-8,12,16,21H,2-4,9-11H2,1H3. The van der Waals surface area contributed by atoms with E-state index in [0.29, 0.717) is 5.56 Å². The molecule has 2 aromatic rings. The fourth-order valence-corrected chi connectivity index (χ4v) is 3.88. The maximum Gasteiger partial charge on any atom is 0.337 e. The van der Waals surface area contributed by atoms with Crippen molar-refractivity contribution in [2.24, 2.45) is 0 Å². The van der Waals surface area contributed by atoms with Gasteiger partial charge in [-0.1, -0.05) is 18.6 Å². The number of aliphatic hydroxyl groups excluding tert-OH is 1. The lowest BCUT2D eigenvalue weighted by Crippen LogP contribution is -2.41. The van der Waals surface area contributed by atoms with Gasteiger partial charge in [-0.05, 0) is 31.5 Å². The van der Waals surface area contributed by atoms with E-state index in [1.807, 2.05) is 12.1 Å². The minimum atomic E-state index is -0.332. The van der Waals surface area contributed by atoms with Crippen molar-refractivity contribution in [1.82, 2.24) is 9.88 Å². The zero-order valence-corrected chi connectivity index (χ0v) is 14.6. The number of piperidine rings is 1. The average Bonchev–Trinajstić information content (AvgIpc) is 3.10. The highest BCUT2D eigenvalue weighted by Gasteiger charge is 2.22. The molecule has 1 atom stereocenters. The van der Waals surface area contributed by atoms with Crippen LogP contribution in [0.15, 0.2) is 29.6 Å². The van der Waals surface area contributed by atoms with Crippen LogP contribution in [0.3, 0.4) is 0 Å². The van der Waals surface area contributed by atoms with Crippen molar-refractivity contribution in [3.63, 3.8) is 0 Å². The Morgan fingerprint density at radius 3 is 2.88 bits per heavy atom. The first kappa shape index (κ1) is 17.1. The molecule has 1 N–H and O–H groups in total. The molecule has 1 saturated heterocycles. The van der Waals surface area contributed by atoms with Crippen molar-refractivity contribution in [2.45, 2.75) is 31.8 Å². The minimum Gasteiger partial charge on any atom is -0.465 e. The lowest BCUT2D eigenvalue weighted by Gasteiger charge is -2.33. The van der Waals surface area contributed by atoms with Crippen LogP contribution in [0, 0.1) is 0 Å². The van der Waals surface area contributed by atoms with Crippen LogP contribution in [0.4, 0.5) is 0 Å². The molecule has 24 heavy (non-hydrogen) atoms. The summed E-state index contributed by atoms with van der Waals surface area (Å²) in [5.41, 5.74) is 2.57. The fourth-order valence-electron chi connectivity index (χ4n) is 3.06. The van der Waals surface area contributed by atoms with Crippen molar-refractivity contribution in [3.05, 3.63) is 40.9 Å². The molecular weight excluding hydrogens is 324 g/mol. The lowest BCUT2D eigenvalue weighted by molar-refractivity contribution is 0.0600. The highest BCUT2D eigenvalue weighted by Crippen LogP contribution is 2.26. The minimum absolute atomic E-state index is 0.214. The number of nitrogens with zero attached hydrogens (tertiary/aromatic N) is 2. The van der Waals surface area contributed by atoms with Crippen molar-refractivity contribution in [1.29, 1.82) is 0 Å². The molecule has 5 nitrogen and oxygen atoms in total. The van der Waals surface area contributed by atoms with Crippen molar-refractivity contribution in [2.75, 3.05) is 20.3 Å². The second kappa shape index (κ2) is 7.88. The SMILES string of the molecule is COC(=O)c1ccc(-c2nc(CN3CCCCC3CO)cs2)cc1. The maximum absolute atomic E-state index is 11.5. The van der Waals surface area contributed by atoms with E-state index < -0.39 is 0 Å². The van der Waals surface area contributed by atoms with Gasteiger partial charge in [-0.25, -0.2) is 9.78 Å². The lowest BCUT2D eigenvalue weighted by atomic mass is 10.0. The number of likely N-dealkylation sites (tertiary alicyclic amines) is 1. The number of carbonyl (C=O) groups excluding carboxylic acids is 1. The third kappa shape index (κ3) is 3.83. The molecule has 1 aliphatic rings. The van der Waals surface area contributed by atoms with Gasteiger partial charge in [0.15, 0.2) is 0 Å². The Balaban J connectivity index is 1.70. The number of hydrogen-bond acceptors (Lipinski definition) is 6. The van der Waals surface area contributed by atoms with E-state index >= 15 is 0 Å². The molecular formula is C18H22N2O3S. The normalized spacial score (nSPS) is 18.5. The second-order valence-corrected chi connectivity index (χ2v) is 6.87. The van der Waals surface area contributed by atoms with Gasteiger partial charge < -0.3 is 9.84 Å². The van der Waals surface area contributed by atoms with E-state index in [0.717, 1.165) is 35.8 Å². The Morgan fingerprint density at radius 1 is 1.38 bits per heavy atom. The van der Waals surface area contributed by atoms with Crippen LogP contribution in [0.5, 0.6) is 0 Å². The number of aliphatic hydroxyl groups is 1. The van der Waals surface area contributed by atoms with Gasteiger partial charge in [0.2, 0.25) is 0 Å². The number of benzene rings is 1. The number of thiazole rings is 1. The van der Waals surface area contributed by atoms with Gasteiger partial charge in [0, 0.05) is 23.5 Å². The van der Waals surface area contributed by atoms with E-state index in [4.69, 9.17) is 9.72 Å². The van der Waals surface area contributed by atoms with Crippen molar-refractivity contribution < 1.29 is 14.6 Å². The molecule has 0 aliphatic carbocycles. The van der Waals surface area contributed by atoms with E-state index in [1.165, 1.54) is 20.0 Å². The summed E-state index contributed by atoms with van der Waals surface area (Å²) in [5.74, 6) is -0.332. The number of rotatable bonds is 5. The summed E-state index contributed by atoms with van der Waals surface area (Å²) >= 11 is 1.60. The van der Waals surface area contributed by atoms with E-state index in [2.05, 4.69) is 10.3 Å². The Labute approximate surface area is 145 Å². The number of methoxy groups -OCH3 is 1. The molecule has 2 heterocycles. The first-order valence-corrected chi connectivity index (χ1v) is 9.07. The summed E-state index contributed by atoms with van der Waals surface area (Å²) in [4.78, 5) is 18.5. The van der Waals surface area contributed by atoms with Crippen LogP contribution in [-0.4, -0.2) is 47.3 Å². The summed E-state index contributed by atoms with van der Waals surface area (Å²) in [5, 5.41) is 12.5. The summed E-state index contributed by atoms with van der Waals surface area (Å²) in [6.45, 7) is 2.01. The zero-order chi connectivity index (χ0) is 16.9. The second-order valence-electron chi connectivity index (χ2n) is 6.02. The molecule has 0 radical (unpaired) electrons. The predicted octanol–water partition coefficient (Wildman–Crippen LogP) is 2.94. The topological polar surface area (TPSA) is 62.7 Å². The molecule has 6 heteroatoms. The molecule has 128 valence electrons. The zero-order valence-electron chi connectivity index (χ0n) is 13.8. The summed E-state index contributed by atoms with van der Waals surface area (Å²) in [6, 6.07) is 7.56. The molecule has 3 rings (SSSR count). The molecule has 1 aromatic carbocycles. The van der Waals surface area contributed by atoms with E-state index in [-0.39, 0.29) is 18.6 Å². The summed E-state index contributed by atoms with van der Waals surface area (Å²) < 4.78 is 4.71. The molecule has 0 bridgehead atoms. The van der Waals surface area contributed by atoms with Crippen LogP contribution in [0.1, 0.15) is 35.3 Å². The smallest absolute Gasteiger partial charge is 0.337 e. The van der Waals surface area contributed by atoms with Gasteiger partial charge in [-0.2, -0.15) is 0 Å². The maximum atomic E-state index is 11.5. The van der Waals surface area contributed by atoms with Gasteiger partial charge in [0.1, 0.15) is 5.01 Å².